The summed E-state index contributed by atoms with van der Waals surface area (Å²) in [6.45, 7) is 5.06. The zero-order valence-corrected chi connectivity index (χ0v) is 11.5. The first-order chi connectivity index (χ1) is 8.11. The monoisotopic (exact) mass is 272 g/mol. The molecule has 1 aromatic rings. The van der Waals surface area contributed by atoms with Crippen LogP contribution in [0.1, 0.15) is 24.9 Å². The molecule has 1 aliphatic rings. The van der Waals surface area contributed by atoms with E-state index in [9.17, 15) is 0 Å². The van der Waals surface area contributed by atoms with Crippen molar-refractivity contribution in [1.82, 2.24) is 4.90 Å². The first-order valence-electron chi connectivity index (χ1n) is 6.01. The third kappa shape index (κ3) is 2.94. The Balaban J connectivity index is 2.23. The fourth-order valence-electron chi connectivity index (χ4n) is 2.50. The molecule has 0 aromatic heterocycles. The molecule has 1 aliphatic heterocycles. The molecule has 2 rings (SSSR count). The summed E-state index contributed by atoms with van der Waals surface area (Å²) in [4.78, 5) is 2.42. The van der Waals surface area contributed by atoms with Crippen molar-refractivity contribution in [3.8, 4) is 0 Å². The van der Waals surface area contributed by atoms with Gasteiger partial charge in [-0.25, -0.2) is 0 Å². The van der Waals surface area contributed by atoms with Crippen LogP contribution in [0.5, 0.6) is 0 Å². The normalized spacial score (nSPS) is 22.9. The second kappa shape index (κ2) is 5.57. The Kier molecular flexibility index (Phi) is 4.31. The molecule has 0 bridgehead atoms. The summed E-state index contributed by atoms with van der Waals surface area (Å²) in [5.41, 5.74) is 6.99. The summed E-state index contributed by atoms with van der Waals surface area (Å²) in [5, 5.41) is 1.39. The van der Waals surface area contributed by atoms with Crippen LogP contribution in [-0.4, -0.2) is 24.5 Å². The first kappa shape index (κ1) is 13.2. The highest BCUT2D eigenvalue weighted by Gasteiger charge is 2.27. The average Bonchev–Trinajstić information content (AvgIpc) is 2.69. The molecule has 0 spiro atoms. The Bertz CT molecular complexity index is 395. The van der Waals surface area contributed by atoms with E-state index < -0.39 is 0 Å². The molecule has 0 aliphatic carbocycles. The van der Waals surface area contributed by atoms with Gasteiger partial charge in [-0.05, 0) is 36.6 Å². The van der Waals surface area contributed by atoms with Gasteiger partial charge in [0.25, 0.3) is 0 Å². The Morgan fingerprint density at radius 3 is 2.76 bits per heavy atom. The molecular weight excluding hydrogens is 255 g/mol. The van der Waals surface area contributed by atoms with Gasteiger partial charge in [0.15, 0.2) is 0 Å². The second-order valence-electron chi connectivity index (χ2n) is 4.81. The van der Waals surface area contributed by atoms with E-state index in [0.29, 0.717) is 16.6 Å². The summed E-state index contributed by atoms with van der Waals surface area (Å²) in [7, 11) is 0. The quantitative estimate of drug-likeness (QED) is 0.915. The molecule has 94 valence electrons. The van der Waals surface area contributed by atoms with Gasteiger partial charge in [-0.15, -0.1) is 0 Å². The molecule has 1 fully saturated rings. The fraction of sp³-hybridized carbons (Fsp3) is 0.538. The Morgan fingerprint density at radius 2 is 2.24 bits per heavy atom. The molecule has 2 unspecified atom stereocenters. The predicted octanol–water partition coefficient (Wildman–Crippen LogP) is 3.34. The summed E-state index contributed by atoms with van der Waals surface area (Å²) in [6, 6.07) is 5.88. The van der Waals surface area contributed by atoms with Gasteiger partial charge in [-0.1, -0.05) is 36.2 Å². The van der Waals surface area contributed by atoms with Crippen molar-refractivity contribution >= 4 is 23.2 Å². The third-order valence-electron chi connectivity index (χ3n) is 3.44. The Labute approximate surface area is 113 Å². The lowest BCUT2D eigenvalue weighted by Crippen LogP contribution is -2.32. The molecule has 2 atom stereocenters. The summed E-state index contributed by atoms with van der Waals surface area (Å²) in [6.07, 6.45) is 1.24. The minimum absolute atomic E-state index is 0.213. The van der Waals surface area contributed by atoms with Crippen molar-refractivity contribution in [3.05, 3.63) is 33.8 Å². The van der Waals surface area contributed by atoms with Crippen LogP contribution in [0.2, 0.25) is 10.0 Å². The van der Waals surface area contributed by atoms with Gasteiger partial charge >= 0.3 is 0 Å². The molecule has 4 heteroatoms. The van der Waals surface area contributed by atoms with Crippen molar-refractivity contribution in [2.75, 3.05) is 19.6 Å². The zero-order chi connectivity index (χ0) is 12.4. The molecule has 1 saturated heterocycles. The van der Waals surface area contributed by atoms with Crippen LogP contribution < -0.4 is 5.73 Å². The van der Waals surface area contributed by atoms with Gasteiger partial charge in [0.2, 0.25) is 0 Å². The van der Waals surface area contributed by atoms with Gasteiger partial charge in [0.1, 0.15) is 0 Å². The van der Waals surface area contributed by atoms with Crippen molar-refractivity contribution in [2.45, 2.75) is 19.4 Å². The van der Waals surface area contributed by atoms with E-state index >= 15 is 0 Å². The first-order valence-corrected chi connectivity index (χ1v) is 6.76. The second-order valence-corrected chi connectivity index (χ2v) is 5.65. The maximum atomic E-state index is 6.25. The number of benzene rings is 1. The van der Waals surface area contributed by atoms with E-state index in [1.54, 1.807) is 6.07 Å². The van der Waals surface area contributed by atoms with Crippen LogP contribution in [0.4, 0.5) is 0 Å². The highest BCUT2D eigenvalue weighted by atomic mass is 35.5. The number of hydrogen-bond donors (Lipinski definition) is 1. The molecule has 0 amide bonds. The number of likely N-dealkylation sites (tertiary alicyclic amines) is 1. The smallest absolute Gasteiger partial charge is 0.0485 e. The lowest BCUT2D eigenvalue weighted by atomic mass is 10.1. The van der Waals surface area contributed by atoms with E-state index in [2.05, 4.69) is 11.8 Å². The van der Waals surface area contributed by atoms with E-state index in [1.165, 1.54) is 6.42 Å². The summed E-state index contributed by atoms with van der Waals surface area (Å²) >= 11 is 12.2. The number of halogens is 2. The number of rotatable bonds is 3. The van der Waals surface area contributed by atoms with Crippen molar-refractivity contribution in [3.63, 3.8) is 0 Å². The maximum Gasteiger partial charge on any atom is 0.0485 e. The highest BCUT2D eigenvalue weighted by Crippen LogP contribution is 2.32. The minimum atomic E-state index is 0.213. The predicted molar refractivity (Wildman–Crippen MR) is 73.6 cm³/mol. The van der Waals surface area contributed by atoms with Crippen LogP contribution in [0.15, 0.2) is 18.2 Å². The molecule has 0 radical (unpaired) electrons. The topological polar surface area (TPSA) is 29.3 Å². The lowest BCUT2D eigenvalue weighted by molar-refractivity contribution is 0.244. The summed E-state index contributed by atoms with van der Waals surface area (Å²) in [5.74, 6) is 0.745. The highest BCUT2D eigenvalue weighted by molar-refractivity contribution is 6.35. The van der Waals surface area contributed by atoms with E-state index in [4.69, 9.17) is 28.9 Å². The SMILES string of the molecule is CC1CCN(C(CN)c2ccc(Cl)cc2Cl)C1. The molecule has 1 heterocycles. The van der Waals surface area contributed by atoms with Crippen molar-refractivity contribution in [2.24, 2.45) is 11.7 Å². The van der Waals surface area contributed by atoms with Crippen LogP contribution in [0.3, 0.4) is 0 Å². The van der Waals surface area contributed by atoms with Gasteiger partial charge in [0.05, 0.1) is 0 Å². The third-order valence-corrected chi connectivity index (χ3v) is 4.00. The van der Waals surface area contributed by atoms with Crippen molar-refractivity contribution < 1.29 is 0 Å². The van der Waals surface area contributed by atoms with Gasteiger partial charge in [0, 0.05) is 29.2 Å². The number of hydrogen-bond acceptors (Lipinski definition) is 2. The maximum absolute atomic E-state index is 6.25. The Hall–Kier alpha value is -0.280. The molecule has 2 N–H and O–H groups in total. The Morgan fingerprint density at radius 1 is 1.47 bits per heavy atom. The van der Waals surface area contributed by atoms with Gasteiger partial charge in [-0.2, -0.15) is 0 Å². The lowest BCUT2D eigenvalue weighted by Gasteiger charge is -2.27. The van der Waals surface area contributed by atoms with Crippen LogP contribution in [0.25, 0.3) is 0 Å². The van der Waals surface area contributed by atoms with Gasteiger partial charge < -0.3 is 5.73 Å². The van der Waals surface area contributed by atoms with E-state index in [1.807, 2.05) is 12.1 Å². The molecule has 1 aromatic carbocycles. The number of nitrogens with zero attached hydrogens (tertiary/aromatic N) is 1. The van der Waals surface area contributed by atoms with Crippen molar-refractivity contribution in [1.29, 1.82) is 0 Å². The fourth-order valence-corrected chi connectivity index (χ4v) is 3.03. The molecule has 2 nitrogen and oxygen atoms in total. The zero-order valence-electron chi connectivity index (χ0n) is 10.00. The number of nitrogens with two attached hydrogens (primary N) is 1. The van der Waals surface area contributed by atoms with Crippen LogP contribution >= 0.6 is 23.2 Å². The van der Waals surface area contributed by atoms with E-state index in [0.717, 1.165) is 24.6 Å². The molecule has 0 saturated carbocycles. The minimum Gasteiger partial charge on any atom is -0.329 e. The van der Waals surface area contributed by atoms with Gasteiger partial charge in [-0.3, -0.25) is 4.90 Å². The largest absolute Gasteiger partial charge is 0.329 e. The van der Waals surface area contributed by atoms with E-state index in [-0.39, 0.29) is 6.04 Å². The molecular formula is C13H18Cl2N2. The standard InChI is InChI=1S/C13H18Cl2N2/c1-9-4-5-17(8-9)13(7-16)11-3-2-10(14)6-12(11)15/h2-3,6,9,13H,4-5,7-8,16H2,1H3. The molecule has 17 heavy (non-hydrogen) atoms. The summed E-state index contributed by atoms with van der Waals surface area (Å²) < 4.78 is 0. The van der Waals surface area contributed by atoms with Crippen LogP contribution in [-0.2, 0) is 0 Å². The van der Waals surface area contributed by atoms with Crippen LogP contribution in [0, 0.1) is 5.92 Å². The average molecular weight is 273 g/mol.